The van der Waals surface area contributed by atoms with Crippen LogP contribution in [-0.2, 0) is 0 Å². The van der Waals surface area contributed by atoms with Crippen LogP contribution < -0.4 is 5.32 Å². The first-order chi connectivity index (χ1) is 9.56. The highest BCUT2D eigenvalue weighted by atomic mass is 16.2. The molecular formula is C17H23NO2. The summed E-state index contributed by atoms with van der Waals surface area (Å²) in [6.45, 7) is 6.92. The lowest BCUT2D eigenvalue weighted by Gasteiger charge is -2.10. The van der Waals surface area contributed by atoms with Gasteiger partial charge in [0, 0.05) is 24.1 Å². The quantitative estimate of drug-likeness (QED) is 0.810. The molecule has 3 nitrogen and oxygen atoms in total. The van der Waals surface area contributed by atoms with E-state index in [1.54, 1.807) is 0 Å². The second-order valence-electron chi connectivity index (χ2n) is 5.19. The Morgan fingerprint density at radius 3 is 2.80 bits per heavy atom. The zero-order valence-corrected chi connectivity index (χ0v) is 12.5. The second-order valence-corrected chi connectivity index (χ2v) is 5.19. The summed E-state index contributed by atoms with van der Waals surface area (Å²) in [7, 11) is 0. The Morgan fingerprint density at radius 1 is 1.40 bits per heavy atom. The van der Waals surface area contributed by atoms with Crippen LogP contribution in [0.4, 0.5) is 0 Å². The molecule has 1 rings (SSSR count). The average molecular weight is 273 g/mol. The molecule has 108 valence electrons. The van der Waals surface area contributed by atoms with Gasteiger partial charge in [0.15, 0.2) is 0 Å². The van der Waals surface area contributed by atoms with Crippen LogP contribution in [0, 0.1) is 24.7 Å². The highest BCUT2D eigenvalue weighted by Gasteiger charge is 2.10. The minimum absolute atomic E-state index is 0.0473. The van der Waals surface area contributed by atoms with Gasteiger partial charge in [-0.2, -0.15) is 0 Å². The van der Waals surface area contributed by atoms with Crippen LogP contribution in [0.25, 0.3) is 0 Å². The van der Waals surface area contributed by atoms with Gasteiger partial charge in [0.2, 0.25) is 0 Å². The Bertz CT molecular complexity index is 509. The van der Waals surface area contributed by atoms with Crippen molar-refractivity contribution in [2.45, 2.75) is 33.6 Å². The summed E-state index contributed by atoms with van der Waals surface area (Å²) in [6.07, 6.45) is 1.42. The lowest BCUT2D eigenvalue weighted by Crippen LogP contribution is -2.26. The number of rotatable bonds is 5. The fourth-order valence-electron chi connectivity index (χ4n) is 1.80. The summed E-state index contributed by atoms with van der Waals surface area (Å²) in [5.41, 5.74) is 2.40. The molecule has 0 spiro atoms. The van der Waals surface area contributed by atoms with Gasteiger partial charge in [-0.05, 0) is 37.0 Å². The second kappa shape index (κ2) is 8.39. The molecule has 0 unspecified atom stereocenters. The van der Waals surface area contributed by atoms with Crippen molar-refractivity contribution in [2.75, 3.05) is 13.2 Å². The topological polar surface area (TPSA) is 49.3 Å². The minimum atomic E-state index is -0.0473. The van der Waals surface area contributed by atoms with Crippen LogP contribution in [0.5, 0.6) is 0 Å². The van der Waals surface area contributed by atoms with Crippen molar-refractivity contribution in [3.63, 3.8) is 0 Å². The number of aliphatic hydroxyl groups is 1. The van der Waals surface area contributed by atoms with Gasteiger partial charge in [-0.3, -0.25) is 4.79 Å². The molecule has 1 aromatic rings. The van der Waals surface area contributed by atoms with Crippen molar-refractivity contribution in [3.05, 3.63) is 34.9 Å². The first kappa shape index (κ1) is 16.3. The third kappa shape index (κ3) is 5.07. The molecule has 0 saturated carbocycles. The smallest absolute Gasteiger partial charge is 0.251 e. The zero-order chi connectivity index (χ0) is 15.0. The SMILES string of the molecule is Cc1c(C#CCCO)cccc1C(=O)NCCC(C)C. The summed E-state index contributed by atoms with van der Waals surface area (Å²) >= 11 is 0. The van der Waals surface area contributed by atoms with Gasteiger partial charge in [-0.25, -0.2) is 0 Å². The van der Waals surface area contributed by atoms with E-state index in [1.807, 2.05) is 25.1 Å². The summed E-state index contributed by atoms with van der Waals surface area (Å²) < 4.78 is 0. The van der Waals surface area contributed by atoms with Crippen molar-refractivity contribution in [1.29, 1.82) is 0 Å². The van der Waals surface area contributed by atoms with E-state index in [0.717, 1.165) is 17.5 Å². The minimum Gasteiger partial charge on any atom is -0.395 e. The standard InChI is InChI=1S/C17H23NO2/c1-13(2)10-11-18-17(20)16-9-6-8-15(14(16)3)7-4-5-12-19/h6,8-9,13,19H,5,10-12H2,1-3H3,(H,18,20). The highest BCUT2D eigenvalue weighted by Crippen LogP contribution is 2.13. The summed E-state index contributed by atoms with van der Waals surface area (Å²) in [6, 6.07) is 5.55. The fraction of sp³-hybridized carbons (Fsp3) is 0.471. The van der Waals surface area contributed by atoms with Crippen molar-refractivity contribution >= 4 is 5.91 Å². The molecule has 0 atom stereocenters. The van der Waals surface area contributed by atoms with E-state index in [4.69, 9.17) is 5.11 Å². The van der Waals surface area contributed by atoms with Crippen molar-refractivity contribution in [1.82, 2.24) is 5.32 Å². The fourth-order valence-corrected chi connectivity index (χ4v) is 1.80. The number of hydrogen-bond acceptors (Lipinski definition) is 2. The van der Waals surface area contributed by atoms with E-state index in [0.29, 0.717) is 24.4 Å². The van der Waals surface area contributed by atoms with Crippen LogP contribution in [-0.4, -0.2) is 24.2 Å². The number of carbonyl (C=O) groups is 1. The summed E-state index contributed by atoms with van der Waals surface area (Å²) in [5, 5.41) is 11.7. The number of aliphatic hydroxyl groups excluding tert-OH is 1. The van der Waals surface area contributed by atoms with E-state index in [-0.39, 0.29) is 12.5 Å². The Hall–Kier alpha value is -1.79. The molecule has 0 heterocycles. The largest absolute Gasteiger partial charge is 0.395 e. The van der Waals surface area contributed by atoms with Gasteiger partial charge in [0.05, 0.1) is 6.61 Å². The van der Waals surface area contributed by atoms with E-state index in [9.17, 15) is 4.79 Å². The van der Waals surface area contributed by atoms with Gasteiger partial charge in [-0.15, -0.1) is 0 Å². The number of benzene rings is 1. The number of hydrogen-bond donors (Lipinski definition) is 2. The summed E-state index contributed by atoms with van der Waals surface area (Å²) in [4.78, 5) is 12.1. The maximum absolute atomic E-state index is 12.1. The van der Waals surface area contributed by atoms with Gasteiger partial charge >= 0.3 is 0 Å². The van der Waals surface area contributed by atoms with Gasteiger partial charge < -0.3 is 10.4 Å². The average Bonchev–Trinajstić information content (AvgIpc) is 2.40. The molecule has 1 aromatic carbocycles. The number of carbonyl (C=O) groups excluding carboxylic acids is 1. The molecule has 1 amide bonds. The molecule has 2 N–H and O–H groups in total. The van der Waals surface area contributed by atoms with Crippen LogP contribution >= 0.6 is 0 Å². The third-order valence-corrected chi connectivity index (χ3v) is 3.05. The van der Waals surface area contributed by atoms with Gasteiger partial charge in [0.25, 0.3) is 5.91 Å². The van der Waals surface area contributed by atoms with E-state index >= 15 is 0 Å². The molecule has 0 bridgehead atoms. The molecular weight excluding hydrogens is 250 g/mol. The highest BCUT2D eigenvalue weighted by molar-refractivity contribution is 5.96. The first-order valence-corrected chi connectivity index (χ1v) is 7.03. The summed E-state index contributed by atoms with van der Waals surface area (Å²) in [5.74, 6) is 6.41. The Labute approximate surface area is 121 Å². The van der Waals surface area contributed by atoms with E-state index < -0.39 is 0 Å². The molecule has 0 aliphatic heterocycles. The number of amides is 1. The molecule has 3 heteroatoms. The molecule has 0 aliphatic rings. The van der Waals surface area contributed by atoms with Crippen LogP contribution in [0.1, 0.15) is 48.2 Å². The van der Waals surface area contributed by atoms with Crippen molar-refractivity contribution < 1.29 is 9.90 Å². The molecule has 0 radical (unpaired) electrons. The molecule has 20 heavy (non-hydrogen) atoms. The first-order valence-electron chi connectivity index (χ1n) is 7.03. The van der Waals surface area contributed by atoms with Gasteiger partial charge in [-0.1, -0.05) is 31.8 Å². The molecule has 0 saturated heterocycles. The van der Waals surface area contributed by atoms with Crippen LogP contribution in [0.15, 0.2) is 18.2 Å². The maximum atomic E-state index is 12.1. The lowest BCUT2D eigenvalue weighted by atomic mass is 10.0. The van der Waals surface area contributed by atoms with Crippen molar-refractivity contribution in [2.24, 2.45) is 5.92 Å². The molecule has 0 aromatic heterocycles. The molecule has 0 aliphatic carbocycles. The Balaban J connectivity index is 2.78. The van der Waals surface area contributed by atoms with Gasteiger partial charge in [0.1, 0.15) is 0 Å². The normalized spacial score (nSPS) is 10.1. The predicted molar refractivity (Wildman–Crippen MR) is 81.5 cm³/mol. The lowest BCUT2D eigenvalue weighted by molar-refractivity contribution is 0.0951. The predicted octanol–water partition coefficient (Wildman–Crippen LogP) is 2.50. The zero-order valence-electron chi connectivity index (χ0n) is 12.5. The van der Waals surface area contributed by atoms with Crippen LogP contribution in [0.3, 0.4) is 0 Å². The van der Waals surface area contributed by atoms with Crippen molar-refractivity contribution in [3.8, 4) is 11.8 Å². The Kier molecular flexibility index (Phi) is 6.83. The van der Waals surface area contributed by atoms with E-state index in [1.165, 1.54) is 0 Å². The maximum Gasteiger partial charge on any atom is 0.251 e. The number of nitrogens with one attached hydrogen (secondary N) is 1. The Morgan fingerprint density at radius 2 is 2.15 bits per heavy atom. The molecule has 0 fully saturated rings. The monoisotopic (exact) mass is 273 g/mol. The van der Waals surface area contributed by atoms with Crippen LogP contribution in [0.2, 0.25) is 0 Å². The van der Waals surface area contributed by atoms with E-state index in [2.05, 4.69) is 31.0 Å². The third-order valence-electron chi connectivity index (χ3n) is 3.05.